The maximum atomic E-state index is 14.2. The van der Waals surface area contributed by atoms with Crippen LogP contribution in [0.1, 0.15) is 64.6 Å². The summed E-state index contributed by atoms with van der Waals surface area (Å²) >= 11 is 0. The average molecular weight is 297 g/mol. The Bertz CT molecular complexity index is 463. The van der Waals surface area contributed by atoms with Crippen molar-refractivity contribution in [2.24, 2.45) is 11.3 Å². The summed E-state index contributed by atoms with van der Waals surface area (Å²) in [7, 11) is 0. The normalized spacial score (nSPS) is 15.0. The fourth-order valence-corrected chi connectivity index (χ4v) is 3.03. The fourth-order valence-electron chi connectivity index (χ4n) is 3.03. The van der Waals surface area contributed by atoms with Gasteiger partial charge in [-0.1, -0.05) is 34.6 Å². The van der Waals surface area contributed by atoms with Crippen LogP contribution in [-0.4, -0.2) is 6.54 Å². The second kappa shape index (κ2) is 7.35. The van der Waals surface area contributed by atoms with Gasteiger partial charge in [0.2, 0.25) is 0 Å². The van der Waals surface area contributed by atoms with Crippen molar-refractivity contribution in [1.82, 2.24) is 5.32 Å². The van der Waals surface area contributed by atoms with Gasteiger partial charge in [0, 0.05) is 11.6 Å². The highest BCUT2D eigenvalue weighted by molar-refractivity contribution is 5.27. The van der Waals surface area contributed by atoms with Gasteiger partial charge in [0.1, 0.15) is 11.6 Å². The summed E-state index contributed by atoms with van der Waals surface area (Å²) in [6, 6.07) is 2.51. The number of hydrogen-bond donors (Lipinski definition) is 1. The van der Waals surface area contributed by atoms with Gasteiger partial charge in [-0.2, -0.15) is 0 Å². The van der Waals surface area contributed by atoms with Gasteiger partial charge in [0.05, 0.1) is 0 Å². The minimum Gasteiger partial charge on any atom is -0.310 e. The van der Waals surface area contributed by atoms with Crippen LogP contribution in [0.4, 0.5) is 8.78 Å². The summed E-state index contributed by atoms with van der Waals surface area (Å²) in [5.41, 5.74) is 1.04. The van der Waals surface area contributed by atoms with E-state index in [-0.39, 0.29) is 23.1 Å². The molecule has 1 aromatic rings. The zero-order chi connectivity index (χ0) is 16.2. The lowest BCUT2D eigenvalue weighted by atomic mass is 9.82. The lowest BCUT2D eigenvalue weighted by Crippen LogP contribution is -2.25. The summed E-state index contributed by atoms with van der Waals surface area (Å²) < 4.78 is 28.0. The molecule has 0 spiro atoms. The van der Waals surface area contributed by atoms with Crippen LogP contribution in [0.25, 0.3) is 0 Å². The van der Waals surface area contributed by atoms with Crippen LogP contribution in [0.15, 0.2) is 12.1 Å². The standard InChI is InChI=1S/C18H29F2N/c1-7-21-17(8-12(2)11-18(4,5)6)14-10-15(19)13(3)9-16(14)20/h9-10,12,17,21H,7-8,11H2,1-6H3. The Hall–Kier alpha value is -0.960. The van der Waals surface area contributed by atoms with Crippen molar-refractivity contribution in [3.63, 3.8) is 0 Å². The summed E-state index contributed by atoms with van der Waals surface area (Å²) in [5, 5.41) is 3.30. The number of hydrogen-bond acceptors (Lipinski definition) is 1. The first-order chi connectivity index (χ1) is 9.64. The molecule has 3 heteroatoms. The molecule has 120 valence electrons. The van der Waals surface area contributed by atoms with Gasteiger partial charge in [-0.05, 0) is 55.3 Å². The summed E-state index contributed by atoms with van der Waals surface area (Å²) in [6.45, 7) is 13.1. The molecule has 0 heterocycles. The number of aryl methyl sites for hydroxylation is 1. The van der Waals surface area contributed by atoms with Gasteiger partial charge in [-0.25, -0.2) is 8.78 Å². The second-order valence-corrected chi connectivity index (χ2v) is 7.34. The highest BCUT2D eigenvalue weighted by Crippen LogP contribution is 2.32. The minimum absolute atomic E-state index is 0.137. The first-order valence-corrected chi connectivity index (χ1v) is 7.83. The van der Waals surface area contributed by atoms with Crippen LogP contribution in [-0.2, 0) is 0 Å². The molecule has 0 amide bonds. The zero-order valence-corrected chi connectivity index (χ0v) is 14.2. The van der Waals surface area contributed by atoms with E-state index in [1.165, 1.54) is 12.1 Å². The number of rotatable bonds is 6. The van der Waals surface area contributed by atoms with Crippen molar-refractivity contribution >= 4 is 0 Å². The molecule has 0 aliphatic carbocycles. The van der Waals surface area contributed by atoms with Crippen LogP contribution < -0.4 is 5.32 Å². The largest absolute Gasteiger partial charge is 0.310 e. The maximum absolute atomic E-state index is 14.2. The Balaban J connectivity index is 2.94. The molecule has 0 fully saturated rings. The highest BCUT2D eigenvalue weighted by atomic mass is 19.1. The van der Waals surface area contributed by atoms with Crippen LogP contribution in [0.5, 0.6) is 0 Å². The molecule has 0 aromatic heterocycles. The van der Waals surface area contributed by atoms with Crippen LogP contribution in [0.2, 0.25) is 0 Å². The van der Waals surface area contributed by atoms with E-state index in [4.69, 9.17) is 0 Å². The Morgan fingerprint density at radius 1 is 1.14 bits per heavy atom. The Morgan fingerprint density at radius 3 is 2.29 bits per heavy atom. The summed E-state index contributed by atoms with van der Waals surface area (Å²) in [6.07, 6.45) is 1.87. The maximum Gasteiger partial charge on any atom is 0.128 e. The Kier molecular flexibility index (Phi) is 6.33. The highest BCUT2D eigenvalue weighted by Gasteiger charge is 2.22. The fraction of sp³-hybridized carbons (Fsp3) is 0.667. The van der Waals surface area contributed by atoms with Gasteiger partial charge < -0.3 is 5.32 Å². The molecule has 0 saturated heterocycles. The van der Waals surface area contributed by atoms with E-state index >= 15 is 0 Å². The second-order valence-electron chi connectivity index (χ2n) is 7.34. The zero-order valence-electron chi connectivity index (χ0n) is 14.2. The number of benzene rings is 1. The number of halogens is 2. The first kappa shape index (κ1) is 18.1. The van der Waals surface area contributed by atoms with E-state index in [1.54, 1.807) is 6.92 Å². The average Bonchev–Trinajstić information content (AvgIpc) is 2.31. The lowest BCUT2D eigenvalue weighted by molar-refractivity contribution is 0.275. The molecule has 1 rings (SSSR count). The Morgan fingerprint density at radius 2 is 1.76 bits per heavy atom. The molecule has 0 radical (unpaired) electrons. The van der Waals surface area contributed by atoms with Crippen molar-refractivity contribution in [1.29, 1.82) is 0 Å². The summed E-state index contributed by atoms with van der Waals surface area (Å²) in [5.74, 6) is -0.210. The molecule has 1 N–H and O–H groups in total. The third-order valence-corrected chi connectivity index (χ3v) is 3.70. The van der Waals surface area contributed by atoms with Crippen LogP contribution in [0.3, 0.4) is 0 Å². The van der Waals surface area contributed by atoms with Gasteiger partial charge in [-0.3, -0.25) is 0 Å². The summed E-state index contributed by atoms with van der Waals surface area (Å²) in [4.78, 5) is 0. The van der Waals surface area contributed by atoms with E-state index in [1.807, 2.05) is 6.92 Å². The third-order valence-electron chi connectivity index (χ3n) is 3.70. The van der Waals surface area contributed by atoms with E-state index in [2.05, 4.69) is 33.0 Å². The molecule has 2 unspecified atom stereocenters. The first-order valence-electron chi connectivity index (χ1n) is 7.83. The predicted molar refractivity (Wildman–Crippen MR) is 85.4 cm³/mol. The molecular formula is C18H29F2N. The van der Waals surface area contributed by atoms with Gasteiger partial charge in [0.25, 0.3) is 0 Å². The minimum atomic E-state index is -0.335. The molecule has 0 bridgehead atoms. The molecule has 1 nitrogen and oxygen atoms in total. The molecule has 1 aromatic carbocycles. The van der Waals surface area contributed by atoms with Crippen LogP contribution in [0, 0.1) is 29.9 Å². The van der Waals surface area contributed by atoms with E-state index in [0.717, 1.165) is 19.4 Å². The topological polar surface area (TPSA) is 12.0 Å². The van der Waals surface area contributed by atoms with Gasteiger partial charge in [0.15, 0.2) is 0 Å². The quantitative estimate of drug-likeness (QED) is 0.742. The van der Waals surface area contributed by atoms with E-state index < -0.39 is 0 Å². The molecule has 0 saturated carbocycles. The molecule has 21 heavy (non-hydrogen) atoms. The predicted octanol–water partition coefficient (Wildman–Crippen LogP) is 5.39. The SMILES string of the molecule is CCNC(CC(C)CC(C)(C)C)c1cc(F)c(C)cc1F. The van der Waals surface area contributed by atoms with Crippen molar-refractivity contribution in [2.45, 2.75) is 60.4 Å². The van der Waals surface area contributed by atoms with E-state index in [0.29, 0.717) is 17.0 Å². The molecular weight excluding hydrogens is 268 g/mol. The van der Waals surface area contributed by atoms with E-state index in [9.17, 15) is 8.78 Å². The van der Waals surface area contributed by atoms with Crippen molar-refractivity contribution < 1.29 is 8.78 Å². The molecule has 2 atom stereocenters. The van der Waals surface area contributed by atoms with Gasteiger partial charge >= 0.3 is 0 Å². The third kappa shape index (κ3) is 5.74. The van der Waals surface area contributed by atoms with Crippen LogP contribution >= 0.6 is 0 Å². The molecule has 0 aliphatic rings. The van der Waals surface area contributed by atoms with Crippen molar-refractivity contribution in [3.8, 4) is 0 Å². The smallest absolute Gasteiger partial charge is 0.128 e. The van der Waals surface area contributed by atoms with Crippen molar-refractivity contribution in [3.05, 3.63) is 34.9 Å². The van der Waals surface area contributed by atoms with Gasteiger partial charge in [-0.15, -0.1) is 0 Å². The Labute approximate surface area is 128 Å². The van der Waals surface area contributed by atoms with Crippen molar-refractivity contribution in [2.75, 3.05) is 6.54 Å². The number of nitrogens with one attached hydrogen (secondary N) is 1. The lowest BCUT2D eigenvalue weighted by Gasteiger charge is -2.27. The molecule has 0 aliphatic heterocycles. The monoisotopic (exact) mass is 297 g/mol.